The fraction of sp³-hybridized carbons (Fsp3) is 0.148. The number of nitrogens with one attached hydrogen (secondary N) is 2. The van der Waals surface area contributed by atoms with Crippen LogP contribution in [0.15, 0.2) is 84.9 Å². The Morgan fingerprint density at radius 2 is 1.71 bits per heavy atom. The molecule has 0 spiro atoms. The first kappa shape index (κ1) is 21.5. The van der Waals surface area contributed by atoms with E-state index in [1.54, 1.807) is 36.1 Å². The van der Waals surface area contributed by atoms with E-state index < -0.39 is 12.0 Å². The maximum Gasteiger partial charge on any atom is 0.251 e. The Balaban J connectivity index is 1.64. The molecule has 0 saturated heterocycles. The minimum atomic E-state index is -0.834. The van der Waals surface area contributed by atoms with Gasteiger partial charge in [-0.25, -0.2) is 4.68 Å². The Morgan fingerprint density at radius 3 is 2.41 bits per heavy atom. The van der Waals surface area contributed by atoms with Gasteiger partial charge in [0.25, 0.3) is 5.91 Å². The Kier molecular flexibility index (Phi) is 5.59. The lowest BCUT2D eigenvalue weighted by Gasteiger charge is -2.33. The van der Waals surface area contributed by atoms with Crippen LogP contribution in [0, 0.1) is 6.92 Å². The van der Waals surface area contributed by atoms with Gasteiger partial charge in [0.1, 0.15) is 17.6 Å². The predicted octanol–water partition coefficient (Wildman–Crippen LogP) is 4.07. The first-order valence-corrected chi connectivity index (χ1v) is 11.0. The number of anilines is 1. The molecule has 2 amide bonds. The lowest BCUT2D eigenvalue weighted by molar-refractivity contribution is -0.118. The topological polar surface area (TPSA) is 85.2 Å². The first-order chi connectivity index (χ1) is 16.6. The quantitative estimate of drug-likeness (QED) is 0.478. The van der Waals surface area contributed by atoms with Crippen LogP contribution in [0.1, 0.15) is 33.1 Å². The number of benzene rings is 3. The van der Waals surface area contributed by atoms with E-state index in [0.29, 0.717) is 17.1 Å². The molecule has 7 heteroatoms. The van der Waals surface area contributed by atoms with Gasteiger partial charge >= 0.3 is 0 Å². The molecule has 2 N–H and O–H groups in total. The van der Waals surface area contributed by atoms with E-state index in [9.17, 15) is 9.59 Å². The normalized spacial score (nSPS) is 16.9. The number of carbonyl (C=O) groups excluding carboxylic acids is 2. The third-order valence-electron chi connectivity index (χ3n) is 6.05. The molecule has 0 unspecified atom stereocenters. The molecule has 170 valence electrons. The molecule has 0 aliphatic carbocycles. The third-order valence-corrected chi connectivity index (χ3v) is 6.05. The number of amides is 2. The summed E-state index contributed by atoms with van der Waals surface area (Å²) in [6.45, 7) is 1.92. The van der Waals surface area contributed by atoms with Gasteiger partial charge < -0.3 is 15.4 Å². The standard InChI is InChI=1S/C27H24N4O3/c1-17-22-23(19-12-9-15-21(16-19)34-2)24(28-26(32)18-10-5-3-6-11-18)27(33)29-25(22)31(30-17)20-13-7-4-8-14-20/h3-16,23-24H,1-2H3,(H,28,32)(H,29,33)/t23-,24-/m0/s1. The Hall–Kier alpha value is -4.39. The largest absolute Gasteiger partial charge is 0.497 e. The van der Waals surface area contributed by atoms with E-state index in [1.165, 1.54) is 0 Å². The smallest absolute Gasteiger partial charge is 0.251 e. The summed E-state index contributed by atoms with van der Waals surface area (Å²) in [5, 5.41) is 10.7. The molecule has 1 aromatic heterocycles. The maximum atomic E-state index is 13.5. The average molecular weight is 453 g/mol. The molecular weight excluding hydrogens is 428 g/mol. The number of fused-ring (bicyclic) bond motifs is 1. The summed E-state index contributed by atoms with van der Waals surface area (Å²) < 4.78 is 7.18. The zero-order chi connectivity index (χ0) is 23.7. The van der Waals surface area contributed by atoms with Crippen molar-refractivity contribution in [1.29, 1.82) is 0 Å². The molecule has 34 heavy (non-hydrogen) atoms. The van der Waals surface area contributed by atoms with Gasteiger partial charge in [0.15, 0.2) is 0 Å². The number of hydrogen-bond donors (Lipinski definition) is 2. The van der Waals surface area contributed by atoms with Crippen molar-refractivity contribution >= 4 is 17.6 Å². The lowest BCUT2D eigenvalue weighted by Crippen LogP contribution is -2.50. The van der Waals surface area contributed by atoms with Crippen molar-refractivity contribution in [3.63, 3.8) is 0 Å². The molecule has 1 aliphatic heterocycles. The van der Waals surface area contributed by atoms with Gasteiger partial charge in [-0.3, -0.25) is 9.59 Å². The second kappa shape index (κ2) is 8.86. The minimum Gasteiger partial charge on any atom is -0.497 e. The molecule has 5 rings (SSSR count). The number of aryl methyl sites for hydroxylation is 1. The van der Waals surface area contributed by atoms with Crippen LogP contribution in [-0.2, 0) is 4.79 Å². The van der Waals surface area contributed by atoms with E-state index in [2.05, 4.69) is 10.6 Å². The van der Waals surface area contributed by atoms with Crippen molar-refractivity contribution in [3.05, 3.63) is 107 Å². The monoisotopic (exact) mass is 452 g/mol. The van der Waals surface area contributed by atoms with E-state index in [-0.39, 0.29) is 11.8 Å². The van der Waals surface area contributed by atoms with E-state index in [4.69, 9.17) is 9.84 Å². The number of para-hydroxylation sites is 1. The van der Waals surface area contributed by atoms with Gasteiger partial charge in [0.2, 0.25) is 5.91 Å². The summed E-state index contributed by atoms with van der Waals surface area (Å²) in [5.74, 6) is 0.203. The summed E-state index contributed by atoms with van der Waals surface area (Å²) in [6, 6.07) is 25.3. The number of hydrogen-bond acceptors (Lipinski definition) is 4. The predicted molar refractivity (Wildman–Crippen MR) is 129 cm³/mol. The molecule has 3 aromatic carbocycles. The summed E-state index contributed by atoms with van der Waals surface area (Å²) in [4.78, 5) is 26.5. The molecule has 2 heterocycles. The van der Waals surface area contributed by atoms with Crippen LogP contribution in [0.5, 0.6) is 5.75 Å². The highest BCUT2D eigenvalue weighted by atomic mass is 16.5. The van der Waals surface area contributed by atoms with Gasteiger partial charge in [-0.05, 0) is 48.9 Å². The molecule has 1 aliphatic rings. The second-order valence-electron chi connectivity index (χ2n) is 8.16. The van der Waals surface area contributed by atoms with E-state index >= 15 is 0 Å². The number of carbonyl (C=O) groups is 2. The molecule has 0 fully saturated rings. The van der Waals surface area contributed by atoms with Crippen LogP contribution in [0.25, 0.3) is 5.69 Å². The zero-order valence-electron chi connectivity index (χ0n) is 18.9. The fourth-order valence-electron chi connectivity index (χ4n) is 4.46. The molecule has 0 bridgehead atoms. The molecular formula is C27H24N4O3. The SMILES string of the molecule is COc1cccc([C@H]2c3c(C)nn(-c4ccccc4)c3NC(=O)[C@H]2NC(=O)c2ccccc2)c1. The van der Waals surface area contributed by atoms with Crippen molar-refractivity contribution in [2.24, 2.45) is 0 Å². The van der Waals surface area contributed by atoms with E-state index in [0.717, 1.165) is 22.5 Å². The van der Waals surface area contributed by atoms with Crippen LogP contribution < -0.4 is 15.4 Å². The highest BCUT2D eigenvalue weighted by Gasteiger charge is 2.42. The summed E-state index contributed by atoms with van der Waals surface area (Å²) in [6.07, 6.45) is 0. The number of nitrogens with zero attached hydrogens (tertiary/aromatic N) is 2. The van der Waals surface area contributed by atoms with Gasteiger partial charge in [-0.1, -0.05) is 48.5 Å². The van der Waals surface area contributed by atoms with Crippen LogP contribution >= 0.6 is 0 Å². The van der Waals surface area contributed by atoms with Crippen LogP contribution in [0.3, 0.4) is 0 Å². The molecule has 4 aromatic rings. The summed E-state index contributed by atoms with van der Waals surface area (Å²) in [7, 11) is 1.60. The van der Waals surface area contributed by atoms with Crippen LogP contribution in [0.2, 0.25) is 0 Å². The first-order valence-electron chi connectivity index (χ1n) is 11.0. The Labute approximate surface area is 197 Å². The van der Waals surface area contributed by atoms with Crippen molar-refractivity contribution in [2.75, 3.05) is 12.4 Å². The molecule has 2 atom stereocenters. The molecule has 0 saturated carbocycles. The minimum absolute atomic E-state index is 0.304. The zero-order valence-corrected chi connectivity index (χ0v) is 18.9. The fourth-order valence-corrected chi connectivity index (χ4v) is 4.46. The molecule has 7 nitrogen and oxygen atoms in total. The van der Waals surface area contributed by atoms with Crippen molar-refractivity contribution in [1.82, 2.24) is 15.1 Å². The lowest BCUT2D eigenvalue weighted by atomic mass is 9.81. The number of methoxy groups -OCH3 is 1. The highest BCUT2D eigenvalue weighted by Crippen LogP contribution is 2.41. The average Bonchev–Trinajstić information content (AvgIpc) is 3.21. The number of rotatable bonds is 5. The summed E-state index contributed by atoms with van der Waals surface area (Å²) in [5.41, 5.74) is 3.80. The van der Waals surface area contributed by atoms with Gasteiger partial charge in [-0.15, -0.1) is 0 Å². The Morgan fingerprint density at radius 1 is 1.00 bits per heavy atom. The highest BCUT2D eigenvalue weighted by molar-refractivity contribution is 6.04. The Bertz CT molecular complexity index is 1350. The van der Waals surface area contributed by atoms with Gasteiger partial charge in [0.05, 0.1) is 18.5 Å². The van der Waals surface area contributed by atoms with Crippen molar-refractivity contribution in [3.8, 4) is 11.4 Å². The van der Waals surface area contributed by atoms with Crippen LogP contribution in [-0.4, -0.2) is 34.7 Å². The number of ether oxygens (including phenoxy) is 1. The van der Waals surface area contributed by atoms with Gasteiger partial charge in [0, 0.05) is 17.0 Å². The van der Waals surface area contributed by atoms with Crippen molar-refractivity contribution < 1.29 is 14.3 Å². The maximum absolute atomic E-state index is 13.5. The summed E-state index contributed by atoms with van der Waals surface area (Å²) >= 11 is 0. The van der Waals surface area contributed by atoms with Crippen LogP contribution in [0.4, 0.5) is 5.82 Å². The van der Waals surface area contributed by atoms with E-state index in [1.807, 2.05) is 67.6 Å². The van der Waals surface area contributed by atoms with Crippen molar-refractivity contribution in [2.45, 2.75) is 18.9 Å². The third kappa shape index (κ3) is 3.81. The second-order valence-corrected chi connectivity index (χ2v) is 8.16. The van der Waals surface area contributed by atoms with Gasteiger partial charge in [-0.2, -0.15) is 5.10 Å². The number of aromatic nitrogens is 2. The molecule has 0 radical (unpaired) electrons.